The van der Waals surface area contributed by atoms with Crippen LogP contribution >= 0.6 is 11.6 Å². The van der Waals surface area contributed by atoms with E-state index in [9.17, 15) is 13.6 Å². The average molecular weight is 376 g/mol. The van der Waals surface area contributed by atoms with Crippen molar-refractivity contribution >= 4 is 23.2 Å². The van der Waals surface area contributed by atoms with Crippen LogP contribution in [-0.4, -0.2) is 22.6 Å². The Bertz CT molecular complexity index is 975. The first-order valence-corrected chi connectivity index (χ1v) is 8.24. The molecular formula is C18H12ClF2N3O2. The van der Waals surface area contributed by atoms with Crippen LogP contribution in [0, 0.1) is 11.6 Å². The van der Waals surface area contributed by atoms with Crippen LogP contribution in [0.1, 0.15) is 18.2 Å². The van der Waals surface area contributed by atoms with Crippen LogP contribution < -0.4 is 4.90 Å². The Morgan fingerprint density at radius 3 is 2.65 bits per heavy atom. The summed E-state index contributed by atoms with van der Waals surface area (Å²) in [5, 5.41) is 4.14. The lowest BCUT2D eigenvalue weighted by atomic mass is 10.1. The topological polar surface area (TPSA) is 59.2 Å². The normalized spacial score (nSPS) is 17.1. The Morgan fingerprint density at radius 1 is 1.15 bits per heavy atom. The molecule has 0 N–H and O–H groups in total. The van der Waals surface area contributed by atoms with Gasteiger partial charge < -0.3 is 9.42 Å². The molecule has 4 rings (SSSR count). The van der Waals surface area contributed by atoms with E-state index in [0.29, 0.717) is 11.4 Å². The first kappa shape index (κ1) is 16.7. The molecule has 1 aliphatic rings. The van der Waals surface area contributed by atoms with E-state index in [4.69, 9.17) is 16.1 Å². The summed E-state index contributed by atoms with van der Waals surface area (Å²) in [5.74, 6) is -0.918. The van der Waals surface area contributed by atoms with Crippen molar-refractivity contribution in [1.29, 1.82) is 0 Å². The number of hydrogen-bond donors (Lipinski definition) is 0. The van der Waals surface area contributed by atoms with Crippen LogP contribution in [0.5, 0.6) is 0 Å². The number of aromatic nitrogens is 2. The molecule has 0 spiro atoms. The van der Waals surface area contributed by atoms with Crippen molar-refractivity contribution in [3.63, 3.8) is 0 Å². The standard InChI is InChI=1S/C18H12ClF2N3O2/c19-12-3-6-15(14(21)8-12)24-9-11(7-16(24)25)18-22-17(23-26-18)10-1-4-13(20)5-2-10/h1-6,8,11H,7,9H2. The van der Waals surface area contributed by atoms with E-state index in [1.807, 2.05) is 0 Å². The molecule has 0 radical (unpaired) electrons. The smallest absolute Gasteiger partial charge is 0.232 e. The fourth-order valence-electron chi connectivity index (χ4n) is 2.92. The predicted octanol–water partition coefficient (Wildman–Crippen LogP) is 4.19. The number of anilines is 1. The molecule has 5 nitrogen and oxygen atoms in total. The lowest BCUT2D eigenvalue weighted by molar-refractivity contribution is -0.117. The van der Waals surface area contributed by atoms with E-state index < -0.39 is 5.82 Å². The van der Waals surface area contributed by atoms with Gasteiger partial charge in [-0.1, -0.05) is 16.8 Å². The summed E-state index contributed by atoms with van der Waals surface area (Å²) in [4.78, 5) is 17.9. The summed E-state index contributed by atoms with van der Waals surface area (Å²) < 4.78 is 32.4. The van der Waals surface area contributed by atoms with E-state index in [1.54, 1.807) is 12.1 Å². The van der Waals surface area contributed by atoms with Gasteiger partial charge in [-0.05, 0) is 42.5 Å². The van der Waals surface area contributed by atoms with Gasteiger partial charge in [0.15, 0.2) is 0 Å². The van der Waals surface area contributed by atoms with Crippen molar-refractivity contribution in [3.05, 3.63) is 65.0 Å². The predicted molar refractivity (Wildman–Crippen MR) is 90.8 cm³/mol. The van der Waals surface area contributed by atoms with E-state index in [1.165, 1.54) is 29.2 Å². The van der Waals surface area contributed by atoms with Crippen molar-refractivity contribution in [2.24, 2.45) is 0 Å². The number of nitrogens with zero attached hydrogens (tertiary/aromatic N) is 3. The summed E-state index contributed by atoms with van der Waals surface area (Å²) in [6, 6.07) is 9.84. The molecule has 1 aliphatic heterocycles. The zero-order valence-corrected chi connectivity index (χ0v) is 14.1. The SMILES string of the molecule is O=C1CC(c2nc(-c3ccc(F)cc3)no2)CN1c1ccc(Cl)cc1F. The molecule has 1 unspecified atom stereocenters. The highest BCUT2D eigenvalue weighted by molar-refractivity contribution is 6.30. The van der Waals surface area contributed by atoms with E-state index in [0.717, 1.165) is 6.07 Å². The largest absolute Gasteiger partial charge is 0.339 e. The second-order valence-corrected chi connectivity index (χ2v) is 6.40. The van der Waals surface area contributed by atoms with Gasteiger partial charge in [0.1, 0.15) is 11.6 Å². The van der Waals surface area contributed by atoms with Gasteiger partial charge in [-0.25, -0.2) is 8.78 Å². The first-order chi connectivity index (χ1) is 12.5. The van der Waals surface area contributed by atoms with Gasteiger partial charge in [0, 0.05) is 23.6 Å². The zero-order valence-electron chi connectivity index (χ0n) is 13.3. The molecular weight excluding hydrogens is 364 g/mol. The van der Waals surface area contributed by atoms with E-state index in [-0.39, 0.29) is 47.2 Å². The maximum absolute atomic E-state index is 14.1. The zero-order chi connectivity index (χ0) is 18.3. The highest BCUT2D eigenvalue weighted by Gasteiger charge is 2.36. The lowest BCUT2D eigenvalue weighted by Crippen LogP contribution is -2.25. The second-order valence-electron chi connectivity index (χ2n) is 5.96. The molecule has 3 aromatic rings. The van der Waals surface area contributed by atoms with Crippen molar-refractivity contribution in [2.45, 2.75) is 12.3 Å². The molecule has 1 amide bonds. The molecule has 0 aliphatic carbocycles. The highest BCUT2D eigenvalue weighted by Crippen LogP contribution is 2.33. The molecule has 0 saturated carbocycles. The number of hydrogen-bond acceptors (Lipinski definition) is 4. The Hall–Kier alpha value is -2.80. The van der Waals surface area contributed by atoms with Crippen LogP contribution in [0.2, 0.25) is 5.02 Å². The molecule has 1 saturated heterocycles. The minimum Gasteiger partial charge on any atom is -0.339 e. The Balaban J connectivity index is 1.56. The molecule has 1 atom stereocenters. The van der Waals surface area contributed by atoms with Gasteiger partial charge in [-0.2, -0.15) is 4.98 Å². The molecule has 132 valence electrons. The molecule has 2 heterocycles. The Labute approximate surface area is 152 Å². The fourth-order valence-corrected chi connectivity index (χ4v) is 3.08. The van der Waals surface area contributed by atoms with Gasteiger partial charge in [0.05, 0.1) is 11.6 Å². The number of rotatable bonds is 3. The minimum absolute atomic E-state index is 0.132. The van der Waals surface area contributed by atoms with Gasteiger partial charge in [0.25, 0.3) is 0 Å². The van der Waals surface area contributed by atoms with E-state index >= 15 is 0 Å². The molecule has 1 aromatic heterocycles. The highest BCUT2D eigenvalue weighted by atomic mass is 35.5. The number of carbonyl (C=O) groups excluding carboxylic acids is 1. The summed E-state index contributed by atoms with van der Waals surface area (Å²) in [6.07, 6.45) is 0.132. The molecule has 0 bridgehead atoms. The van der Waals surface area contributed by atoms with Crippen molar-refractivity contribution in [2.75, 3.05) is 11.4 Å². The maximum Gasteiger partial charge on any atom is 0.232 e. The van der Waals surface area contributed by atoms with Crippen molar-refractivity contribution < 1.29 is 18.1 Å². The van der Waals surface area contributed by atoms with Crippen LogP contribution in [-0.2, 0) is 4.79 Å². The van der Waals surface area contributed by atoms with Gasteiger partial charge in [0.2, 0.25) is 17.6 Å². The first-order valence-electron chi connectivity index (χ1n) is 7.86. The number of benzene rings is 2. The van der Waals surface area contributed by atoms with Crippen molar-refractivity contribution in [1.82, 2.24) is 10.1 Å². The molecule has 8 heteroatoms. The molecule has 2 aromatic carbocycles. The quantitative estimate of drug-likeness (QED) is 0.688. The monoisotopic (exact) mass is 375 g/mol. The minimum atomic E-state index is -0.566. The second kappa shape index (κ2) is 6.49. The average Bonchev–Trinajstić information content (AvgIpc) is 3.23. The lowest BCUT2D eigenvalue weighted by Gasteiger charge is -2.16. The van der Waals surface area contributed by atoms with Gasteiger partial charge in [-0.3, -0.25) is 4.79 Å². The van der Waals surface area contributed by atoms with Crippen LogP contribution in [0.3, 0.4) is 0 Å². The van der Waals surface area contributed by atoms with Crippen molar-refractivity contribution in [3.8, 4) is 11.4 Å². The molecule has 1 fully saturated rings. The van der Waals surface area contributed by atoms with E-state index in [2.05, 4.69) is 10.1 Å². The summed E-state index contributed by atoms with van der Waals surface area (Å²) in [6.45, 7) is 0.225. The van der Waals surface area contributed by atoms with Crippen LogP contribution in [0.25, 0.3) is 11.4 Å². The van der Waals surface area contributed by atoms with Crippen LogP contribution in [0.4, 0.5) is 14.5 Å². The fraction of sp³-hybridized carbons (Fsp3) is 0.167. The Morgan fingerprint density at radius 2 is 1.92 bits per heavy atom. The number of carbonyl (C=O) groups is 1. The number of halogens is 3. The summed E-state index contributed by atoms with van der Waals surface area (Å²) >= 11 is 5.76. The van der Waals surface area contributed by atoms with Gasteiger partial charge in [-0.15, -0.1) is 0 Å². The summed E-state index contributed by atoms with van der Waals surface area (Å²) in [5.41, 5.74) is 0.770. The maximum atomic E-state index is 14.1. The number of amides is 1. The Kier molecular flexibility index (Phi) is 4.16. The third-order valence-electron chi connectivity index (χ3n) is 4.22. The molecule has 26 heavy (non-hydrogen) atoms. The van der Waals surface area contributed by atoms with Crippen LogP contribution in [0.15, 0.2) is 47.0 Å². The van der Waals surface area contributed by atoms with Gasteiger partial charge >= 0.3 is 0 Å². The summed E-state index contributed by atoms with van der Waals surface area (Å²) in [7, 11) is 0. The third-order valence-corrected chi connectivity index (χ3v) is 4.45. The third kappa shape index (κ3) is 3.06.